The molecule has 2 rings (SSSR count). The zero-order valence-electron chi connectivity index (χ0n) is 8.69. The molecule has 1 saturated heterocycles. The summed E-state index contributed by atoms with van der Waals surface area (Å²) >= 11 is 1.76. The quantitative estimate of drug-likeness (QED) is 0.816. The van der Waals surface area contributed by atoms with E-state index in [1.54, 1.807) is 11.3 Å². The molecule has 1 aromatic heterocycles. The van der Waals surface area contributed by atoms with E-state index < -0.39 is 0 Å². The van der Waals surface area contributed by atoms with Gasteiger partial charge in [0.05, 0.1) is 18.2 Å². The summed E-state index contributed by atoms with van der Waals surface area (Å²) in [5.41, 5.74) is 7.45. The number of nitrogens with two attached hydrogens (primary N) is 1. The van der Waals surface area contributed by atoms with Crippen LogP contribution in [0.3, 0.4) is 0 Å². The Hall–Kier alpha value is -0.380. The molecule has 0 amide bonds. The van der Waals surface area contributed by atoms with Gasteiger partial charge in [0.1, 0.15) is 0 Å². The molecule has 1 fully saturated rings. The lowest BCUT2D eigenvalue weighted by atomic mass is 10.0. The summed E-state index contributed by atoms with van der Waals surface area (Å²) in [4.78, 5) is 1.32. The fourth-order valence-corrected chi connectivity index (χ4v) is 2.80. The summed E-state index contributed by atoms with van der Waals surface area (Å²) in [6.45, 7) is 4.24. The maximum Gasteiger partial charge on any atom is 0.0772 e. The van der Waals surface area contributed by atoms with Crippen LogP contribution in [0.2, 0.25) is 0 Å². The van der Waals surface area contributed by atoms with Gasteiger partial charge < -0.3 is 10.5 Å². The van der Waals surface area contributed by atoms with E-state index in [0.717, 1.165) is 12.8 Å². The molecule has 3 unspecified atom stereocenters. The Morgan fingerprint density at radius 3 is 2.86 bits per heavy atom. The molecule has 0 saturated carbocycles. The van der Waals surface area contributed by atoms with Crippen molar-refractivity contribution in [2.75, 3.05) is 0 Å². The molecular weight excluding hydrogens is 194 g/mol. The Kier molecular flexibility index (Phi) is 2.91. The second kappa shape index (κ2) is 4.01. The van der Waals surface area contributed by atoms with Crippen LogP contribution in [0.4, 0.5) is 0 Å². The highest BCUT2D eigenvalue weighted by atomic mass is 32.1. The third kappa shape index (κ3) is 1.85. The molecule has 78 valence electrons. The molecule has 2 nitrogen and oxygen atoms in total. The van der Waals surface area contributed by atoms with Crippen molar-refractivity contribution in [1.29, 1.82) is 0 Å². The Labute approximate surface area is 89.1 Å². The molecule has 0 aromatic carbocycles. The van der Waals surface area contributed by atoms with Crippen LogP contribution >= 0.6 is 11.3 Å². The van der Waals surface area contributed by atoms with Crippen LogP contribution in [0.15, 0.2) is 11.4 Å². The van der Waals surface area contributed by atoms with Gasteiger partial charge in [-0.1, -0.05) is 0 Å². The van der Waals surface area contributed by atoms with E-state index in [-0.39, 0.29) is 12.1 Å². The van der Waals surface area contributed by atoms with Gasteiger partial charge in [0.2, 0.25) is 0 Å². The molecule has 14 heavy (non-hydrogen) atoms. The molecule has 3 heteroatoms. The van der Waals surface area contributed by atoms with Gasteiger partial charge >= 0.3 is 0 Å². The Balaban J connectivity index is 2.09. The molecule has 0 bridgehead atoms. The maximum atomic E-state index is 6.19. The minimum atomic E-state index is 0.0613. The molecule has 1 aliphatic heterocycles. The van der Waals surface area contributed by atoms with E-state index in [4.69, 9.17) is 10.5 Å². The Bertz CT molecular complexity index is 310. The van der Waals surface area contributed by atoms with Gasteiger partial charge in [0.25, 0.3) is 0 Å². The topological polar surface area (TPSA) is 35.2 Å². The van der Waals surface area contributed by atoms with Gasteiger partial charge in [-0.05, 0) is 43.7 Å². The minimum Gasteiger partial charge on any atom is -0.373 e. The predicted molar refractivity (Wildman–Crippen MR) is 59.6 cm³/mol. The van der Waals surface area contributed by atoms with E-state index in [0.29, 0.717) is 6.10 Å². The van der Waals surface area contributed by atoms with E-state index in [9.17, 15) is 0 Å². The molecule has 0 spiro atoms. The third-order valence-corrected chi connectivity index (χ3v) is 3.78. The number of rotatable bonds is 2. The summed E-state index contributed by atoms with van der Waals surface area (Å²) in [6.07, 6.45) is 2.84. The van der Waals surface area contributed by atoms with Crippen molar-refractivity contribution in [3.63, 3.8) is 0 Å². The van der Waals surface area contributed by atoms with Crippen LogP contribution in [0, 0.1) is 6.92 Å². The zero-order valence-corrected chi connectivity index (χ0v) is 9.51. The highest BCUT2D eigenvalue weighted by Crippen LogP contribution is 2.31. The van der Waals surface area contributed by atoms with Gasteiger partial charge in [-0.2, -0.15) is 0 Å². The lowest BCUT2D eigenvalue weighted by molar-refractivity contribution is 0.0401. The average molecular weight is 211 g/mol. The number of aryl methyl sites for hydroxylation is 1. The highest BCUT2D eigenvalue weighted by Gasteiger charge is 2.29. The summed E-state index contributed by atoms with van der Waals surface area (Å²) in [7, 11) is 0. The molecule has 0 aliphatic carbocycles. The first-order chi connectivity index (χ1) is 6.68. The number of ether oxygens (including phenoxy) is 1. The second-order valence-corrected chi connectivity index (χ2v) is 5.14. The van der Waals surface area contributed by atoms with Gasteiger partial charge in [-0.25, -0.2) is 0 Å². The smallest absolute Gasteiger partial charge is 0.0772 e. The number of hydrogen-bond acceptors (Lipinski definition) is 3. The van der Waals surface area contributed by atoms with Crippen LogP contribution in [0.5, 0.6) is 0 Å². The van der Waals surface area contributed by atoms with Crippen LogP contribution in [-0.2, 0) is 4.74 Å². The SMILES string of the molecule is Cc1sccc1C(N)C1CCC(C)O1. The molecule has 1 aliphatic rings. The Morgan fingerprint density at radius 2 is 2.36 bits per heavy atom. The summed E-state index contributed by atoms with van der Waals surface area (Å²) in [6, 6.07) is 2.18. The van der Waals surface area contributed by atoms with Crippen LogP contribution in [0.25, 0.3) is 0 Å². The van der Waals surface area contributed by atoms with E-state index >= 15 is 0 Å². The first-order valence-electron chi connectivity index (χ1n) is 5.13. The minimum absolute atomic E-state index is 0.0613. The van der Waals surface area contributed by atoms with Gasteiger partial charge in [-0.15, -0.1) is 11.3 Å². The van der Waals surface area contributed by atoms with Crippen molar-refractivity contribution < 1.29 is 4.74 Å². The molecule has 1 aromatic rings. The largest absolute Gasteiger partial charge is 0.373 e. The highest BCUT2D eigenvalue weighted by molar-refractivity contribution is 7.10. The van der Waals surface area contributed by atoms with Gasteiger partial charge in [0.15, 0.2) is 0 Å². The normalized spacial score (nSPS) is 29.4. The lowest BCUT2D eigenvalue weighted by Crippen LogP contribution is -2.26. The van der Waals surface area contributed by atoms with E-state index in [2.05, 4.69) is 25.3 Å². The predicted octanol–water partition coefficient (Wildman–Crippen LogP) is 2.62. The first kappa shape index (κ1) is 10.1. The number of hydrogen-bond donors (Lipinski definition) is 1. The van der Waals surface area contributed by atoms with Crippen LogP contribution < -0.4 is 5.73 Å². The fraction of sp³-hybridized carbons (Fsp3) is 0.636. The third-order valence-electron chi connectivity index (χ3n) is 2.92. The standard InChI is InChI=1S/C11H17NOS/c1-7-3-4-10(13-7)11(12)9-5-6-14-8(9)2/h5-7,10-11H,3-4,12H2,1-2H3. The van der Waals surface area contributed by atoms with Gasteiger partial charge in [-0.3, -0.25) is 0 Å². The van der Waals surface area contributed by atoms with Crippen molar-refractivity contribution in [3.05, 3.63) is 21.9 Å². The van der Waals surface area contributed by atoms with Crippen LogP contribution in [-0.4, -0.2) is 12.2 Å². The summed E-state index contributed by atoms with van der Waals surface area (Å²) in [5, 5.41) is 2.10. The molecule has 2 N–H and O–H groups in total. The van der Waals surface area contributed by atoms with Crippen molar-refractivity contribution >= 4 is 11.3 Å². The molecule has 0 radical (unpaired) electrons. The summed E-state index contributed by atoms with van der Waals surface area (Å²) in [5.74, 6) is 0. The summed E-state index contributed by atoms with van der Waals surface area (Å²) < 4.78 is 5.78. The molecule has 3 atom stereocenters. The van der Waals surface area contributed by atoms with Crippen molar-refractivity contribution in [2.24, 2.45) is 5.73 Å². The maximum absolute atomic E-state index is 6.19. The Morgan fingerprint density at radius 1 is 1.57 bits per heavy atom. The van der Waals surface area contributed by atoms with Crippen LogP contribution in [0.1, 0.15) is 36.2 Å². The van der Waals surface area contributed by atoms with Crippen molar-refractivity contribution in [2.45, 2.75) is 44.9 Å². The lowest BCUT2D eigenvalue weighted by Gasteiger charge is -2.19. The van der Waals surface area contributed by atoms with E-state index in [1.807, 2.05) is 0 Å². The fourth-order valence-electron chi connectivity index (χ4n) is 2.04. The zero-order chi connectivity index (χ0) is 10.1. The van der Waals surface area contributed by atoms with Crippen molar-refractivity contribution in [1.82, 2.24) is 0 Å². The second-order valence-electron chi connectivity index (χ2n) is 4.02. The number of thiophene rings is 1. The monoisotopic (exact) mass is 211 g/mol. The van der Waals surface area contributed by atoms with E-state index in [1.165, 1.54) is 10.4 Å². The first-order valence-corrected chi connectivity index (χ1v) is 6.01. The molecular formula is C11H17NOS. The average Bonchev–Trinajstić information content (AvgIpc) is 2.73. The van der Waals surface area contributed by atoms with Gasteiger partial charge in [0, 0.05) is 4.88 Å². The van der Waals surface area contributed by atoms with Crippen molar-refractivity contribution in [3.8, 4) is 0 Å². The molecule has 2 heterocycles.